The Morgan fingerprint density at radius 1 is 0.270 bits per heavy atom. The van der Waals surface area contributed by atoms with Crippen molar-refractivity contribution in [2.75, 3.05) is 24.5 Å². The molecule has 15 aromatic carbocycles. The van der Waals surface area contributed by atoms with Crippen molar-refractivity contribution in [3.05, 3.63) is 346 Å². The summed E-state index contributed by atoms with van der Waals surface area (Å²) in [5.74, 6) is 1.68. The molecule has 21 rings (SSSR count). The van der Waals surface area contributed by atoms with Gasteiger partial charge in [0.25, 0.3) is 13.4 Å². The highest BCUT2D eigenvalue weighted by Crippen LogP contribution is 2.55. The SMILES string of the molecule is c1ccc(-c2ccccc2N(c2ccccc2)c2cc3c4c(c2)N(c2cccc5c2sc2ccccc25)c2cc5c(cc2B4c2ccccc2O3)B2c3ccccc3N(c3cccc4c3sc3ccccc34)c3cc(N(c4ccccc4)c4ccccc4)cc(c32)N5c2ccccc2)cc1. The third kappa shape index (κ3) is 8.64. The van der Waals surface area contributed by atoms with Crippen molar-refractivity contribution in [1.82, 2.24) is 0 Å². The second-order valence-corrected chi connectivity index (χ2v) is 28.3. The van der Waals surface area contributed by atoms with Gasteiger partial charge in [0, 0.05) is 99.4 Å². The summed E-state index contributed by atoms with van der Waals surface area (Å²) < 4.78 is 12.5. The molecule has 6 nitrogen and oxygen atoms in total. The van der Waals surface area contributed by atoms with E-state index < -0.39 is 0 Å². The molecule has 4 aliphatic rings. The molecule has 0 amide bonds. The number of ether oxygens (including phenoxy) is 1. The van der Waals surface area contributed by atoms with Crippen LogP contribution in [0.1, 0.15) is 0 Å². The van der Waals surface area contributed by atoms with Crippen LogP contribution in [0.2, 0.25) is 0 Å². The number of fused-ring (bicyclic) bond motifs is 14. The predicted molar refractivity (Wildman–Crippen MR) is 427 cm³/mol. The van der Waals surface area contributed by atoms with Gasteiger partial charge in [-0.2, -0.15) is 0 Å². The van der Waals surface area contributed by atoms with Crippen molar-refractivity contribution in [3.8, 4) is 22.6 Å². The summed E-state index contributed by atoms with van der Waals surface area (Å²) in [4.78, 5) is 12.7. The van der Waals surface area contributed by atoms with Gasteiger partial charge in [-0.3, -0.25) is 0 Å². The summed E-state index contributed by atoms with van der Waals surface area (Å²) in [5.41, 5.74) is 25.7. The lowest BCUT2D eigenvalue weighted by molar-refractivity contribution is 0.487. The third-order valence-corrected chi connectivity index (χ3v) is 23.2. The van der Waals surface area contributed by atoms with Gasteiger partial charge in [-0.05, 0) is 154 Å². The first kappa shape index (κ1) is 56.8. The number of benzene rings is 15. The molecule has 0 spiro atoms. The van der Waals surface area contributed by atoms with E-state index in [4.69, 9.17) is 4.74 Å². The standard InChI is InChI=1S/C90H57B2N5OS2/c1-6-28-58(29-7-1)65-38-16-21-45-74(65)94(61-34-12-4-13-35-61)64-54-82-88-84(55-64)98-83-49-23-20-44-71(83)92(88)73-56-72-78(57-79(73)97(82)77-48-27-42-69-67-40-18-25-51-86(67)100-90(69)77)95(62-36-14-5-15-37-62)80-52-63(93(59-30-8-2-9-31-59)60-32-10-3-11-33-60)53-81-87(80)91(72)70-43-19-22-46-75(70)96(81)76-47-26-41-68-66-39-17-24-50-85(66)99-89(68)76/h1-57H. The Labute approximate surface area is 588 Å². The van der Waals surface area contributed by atoms with E-state index in [1.807, 2.05) is 22.7 Å². The third-order valence-electron chi connectivity index (χ3n) is 20.8. The van der Waals surface area contributed by atoms with Crippen molar-refractivity contribution in [2.45, 2.75) is 0 Å². The van der Waals surface area contributed by atoms with Crippen LogP contribution in [-0.2, 0) is 0 Å². The van der Waals surface area contributed by atoms with Crippen molar-refractivity contribution < 1.29 is 4.74 Å². The highest BCUT2D eigenvalue weighted by molar-refractivity contribution is 7.27. The molecule has 0 atom stereocenters. The fourth-order valence-electron chi connectivity index (χ4n) is 16.7. The van der Waals surface area contributed by atoms with Crippen LogP contribution in [0.5, 0.6) is 11.5 Å². The maximum absolute atomic E-state index is 7.51. The summed E-state index contributed by atoms with van der Waals surface area (Å²) in [6.45, 7) is -0.444. The zero-order valence-corrected chi connectivity index (χ0v) is 55.7. The van der Waals surface area contributed by atoms with Gasteiger partial charge < -0.3 is 29.2 Å². The van der Waals surface area contributed by atoms with Crippen LogP contribution in [0.4, 0.5) is 85.3 Å². The number of hydrogen-bond acceptors (Lipinski definition) is 8. The average Bonchev–Trinajstić information content (AvgIpc) is 0.753. The fourth-order valence-corrected chi connectivity index (χ4v) is 19.1. The summed E-state index contributed by atoms with van der Waals surface area (Å²) in [6.07, 6.45) is 0. The quantitative estimate of drug-likeness (QED) is 0.127. The van der Waals surface area contributed by atoms with E-state index >= 15 is 0 Å². The van der Waals surface area contributed by atoms with E-state index in [0.29, 0.717) is 0 Å². The van der Waals surface area contributed by atoms with Crippen molar-refractivity contribution in [2.24, 2.45) is 0 Å². The van der Waals surface area contributed by atoms with Crippen LogP contribution < -0.4 is 62.0 Å². The van der Waals surface area contributed by atoms with E-state index in [-0.39, 0.29) is 13.4 Å². The van der Waals surface area contributed by atoms with E-state index in [1.54, 1.807) is 0 Å². The molecule has 17 aromatic rings. The highest BCUT2D eigenvalue weighted by Gasteiger charge is 2.49. The molecule has 100 heavy (non-hydrogen) atoms. The van der Waals surface area contributed by atoms with E-state index in [1.165, 1.54) is 62.2 Å². The Bertz CT molecular complexity index is 6110. The molecule has 0 saturated carbocycles. The molecule has 0 fully saturated rings. The molecule has 2 aromatic heterocycles. The minimum Gasteiger partial charge on any atom is -0.458 e. The van der Waals surface area contributed by atoms with Gasteiger partial charge in [0.05, 0.1) is 37.8 Å². The maximum Gasteiger partial charge on any atom is 0.256 e. The summed E-state index contributed by atoms with van der Waals surface area (Å²) in [7, 11) is 0. The minimum atomic E-state index is -0.233. The van der Waals surface area contributed by atoms with Gasteiger partial charge in [-0.15, -0.1) is 22.7 Å². The number of hydrogen-bond donors (Lipinski definition) is 0. The number of rotatable bonds is 10. The normalized spacial score (nSPS) is 13.0. The van der Waals surface area contributed by atoms with Gasteiger partial charge in [-0.1, -0.05) is 224 Å². The van der Waals surface area contributed by atoms with Gasteiger partial charge in [-0.25, -0.2) is 0 Å². The van der Waals surface area contributed by atoms with Crippen molar-refractivity contribution in [1.29, 1.82) is 0 Å². The van der Waals surface area contributed by atoms with E-state index in [2.05, 4.69) is 370 Å². The maximum atomic E-state index is 7.51. The fraction of sp³-hybridized carbons (Fsp3) is 0. The molecular weight excluding hydrogens is 1250 g/mol. The molecule has 0 unspecified atom stereocenters. The minimum absolute atomic E-state index is 0.211. The predicted octanol–water partition coefficient (Wildman–Crippen LogP) is 21.5. The lowest BCUT2D eigenvalue weighted by Gasteiger charge is -2.47. The average molecular weight is 1310 g/mol. The number of thiophene rings is 2. The van der Waals surface area contributed by atoms with E-state index in [0.717, 1.165) is 119 Å². The second kappa shape index (κ2) is 22.6. The van der Waals surface area contributed by atoms with E-state index in [9.17, 15) is 0 Å². The largest absolute Gasteiger partial charge is 0.458 e. The Morgan fingerprint density at radius 2 is 0.720 bits per heavy atom. The van der Waals surface area contributed by atoms with Crippen LogP contribution in [0, 0.1) is 0 Å². The molecule has 0 N–H and O–H groups in total. The van der Waals surface area contributed by atoms with Gasteiger partial charge >= 0.3 is 0 Å². The topological polar surface area (TPSA) is 25.4 Å². The first-order valence-corrected chi connectivity index (χ1v) is 35.8. The zero-order valence-electron chi connectivity index (χ0n) is 54.0. The van der Waals surface area contributed by atoms with Crippen LogP contribution in [0.3, 0.4) is 0 Å². The first-order chi connectivity index (χ1) is 49.6. The smallest absolute Gasteiger partial charge is 0.256 e. The Kier molecular flexibility index (Phi) is 12.9. The van der Waals surface area contributed by atoms with Crippen molar-refractivity contribution >= 4 is 195 Å². The second-order valence-electron chi connectivity index (χ2n) is 26.2. The Morgan fingerprint density at radius 3 is 1.36 bits per heavy atom. The molecule has 0 bridgehead atoms. The van der Waals surface area contributed by atoms with Crippen LogP contribution in [0.15, 0.2) is 346 Å². The monoisotopic (exact) mass is 1310 g/mol. The van der Waals surface area contributed by atoms with Crippen molar-refractivity contribution in [3.63, 3.8) is 0 Å². The molecule has 466 valence electrons. The van der Waals surface area contributed by atoms with Crippen LogP contribution in [-0.4, -0.2) is 13.4 Å². The van der Waals surface area contributed by atoms with Crippen LogP contribution in [0.25, 0.3) is 51.5 Å². The van der Waals surface area contributed by atoms with Gasteiger partial charge in [0.15, 0.2) is 0 Å². The zero-order chi connectivity index (χ0) is 65.5. The molecule has 0 saturated heterocycles. The summed E-state index contributed by atoms with van der Waals surface area (Å²) in [6, 6.07) is 128. The summed E-state index contributed by atoms with van der Waals surface area (Å²) >= 11 is 3.75. The first-order valence-electron chi connectivity index (χ1n) is 34.2. The molecule has 6 heterocycles. The number of anilines is 15. The molecule has 10 heteroatoms. The number of para-hydroxylation sites is 7. The molecule has 0 radical (unpaired) electrons. The summed E-state index contributed by atoms with van der Waals surface area (Å²) in [5, 5.41) is 5.00. The lowest BCUT2D eigenvalue weighted by Crippen LogP contribution is -2.64. The van der Waals surface area contributed by atoms with Crippen LogP contribution >= 0.6 is 22.7 Å². The Balaban J connectivity index is 0.885. The number of nitrogens with zero attached hydrogens (tertiary/aromatic N) is 5. The molecule has 4 aliphatic heterocycles. The van der Waals surface area contributed by atoms with Gasteiger partial charge in [0.1, 0.15) is 11.5 Å². The van der Waals surface area contributed by atoms with Gasteiger partial charge in [0.2, 0.25) is 0 Å². The highest BCUT2D eigenvalue weighted by atomic mass is 32.1. The lowest BCUT2D eigenvalue weighted by atomic mass is 9.30. The molecular formula is C90H57B2N5OS2. The Hall–Kier alpha value is -12.3. The molecule has 0 aliphatic carbocycles.